The smallest absolute Gasteiger partial charge is 0.335 e. The van der Waals surface area contributed by atoms with Crippen molar-refractivity contribution in [1.82, 2.24) is 19.2 Å². The number of carboxylic acid groups (broad SMARTS) is 1. The molecule has 0 unspecified atom stereocenters. The molecule has 280 valence electrons. The molecule has 3 heterocycles. The SMILES string of the molecule is Cc1cc(OCCCc2c3n(c4c(-c5c(C)nn(C)c5C)c(Cl)ccc24)CCCN(Cc2cc(NCCC(C)C)cc(C(=O)O)c2)C3=O)cc(C)c1Cl. The van der Waals surface area contributed by atoms with Crippen LogP contribution in [0.3, 0.4) is 0 Å². The van der Waals surface area contributed by atoms with Gasteiger partial charge in [0.2, 0.25) is 0 Å². The number of aromatic carboxylic acids is 1. The van der Waals surface area contributed by atoms with Gasteiger partial charge in [-0.25, -0.2) is 4.79 Å². The first-order valence-corrected chi connectivity index (χ1v) is 19.1. The molecule has 0 saturated heterocycles. The second-order valence-electron chi connectivity index (χ2n) is 14.7. The van der Waals surface area contributed by atoms with E-state index in [1.54, 1.807) is 12.1 Å². The molecule has 0 fully saturated rings. The molecule has 3 aromatic carbocycles. The van der Waals surface area contributed by atoms with Gasteiger partial charge >= 0.3 is 5.97 Å². The maximum absolute atomic E-state index is 14.9. The molecule has 0 saturated carbocycles. The second kappa shape index (κ2) is 15.9. The molecular formula is C42H49Cl2N5O4. The van der Waals surface area contributed by atoms with Crippen LogP contribution in [0.1, 0.15) is 87.6 Å². The molecule has 11 heteroatoms. The lowest BCUT2D eigenvalue weighted by atomic mass is 9.98. The summed E-state index contributed by atoms with van der Waals surface area (Å²) >= 11 is 13.5. The minimum atomic E-state index is -1.00. The van der Waals surface area contributed by atoms with E-state index in [9.17, 15) is 14.7 Å². The number of rotatable bonds is 13. The zero-order valence-corrected chi connectivity index (χ0v) is 33.2. The summed E-state index contributed by atoms with van der Waals surface area (Å²) in [5, 5.41) is 20.4. The number of aryl methyl sites for hydroxylation is 6. The first-order valence-electron chi connectivity index (χ1n) is 18.4. The van der Waals surface area contributed by atoms with Crippen LogP contribution in [0.5, 0.6) is 5.75 Å². The Balaban J connectivity index is 1.40. The highest BCUT2D eigenvalue weighted by Crippen LogP contribution is 2.43. The van der Waals surface area contributed by atoms with Gasteiger partial charge < -0.3 is 24.6 Å². The van der Waals surface area contributed by atoms with Gasteiger partial charge in [0.15, 0.2) is 0 Å². The van der Waals surface area contributed by atoms with Crippen molar-refractivity contribution >= 4 is 51.7 Å². The van der Waals surface area contributed by atoms with E-state index in [1.165, 1.54) is 0 Å². The van der Waals surface area contributed by atoms with E-state index in [0.29, 0.717) is 49.2 Å². The number of benzene rings is 3. The standard InChI is InChI=1S/C42H49Cl2N5O4/c1-24(2)13-14-45-31-21-29(20-30(22-31)42(51)52)23-48-15-9-16-49-39-34(11-12-35(43)37(39)36-27(5)46-47(7)28(36)6)33(40(49)41(48)50)10-8-17-53-32-18-25(3)38(44)26(4)19-32/h11-12,18-22,24,45H,8-10,13-17,23H2,1-7H3,(H,51,52). The first kappa shape index (κ1) is 38.3. The predicted octanol–water partition coefficient (Wildman–Crippen LogP) is 9.80. The summed E-state index contributed by atoms with van der Waals surface area (Å²) in [4.78, 5) is 28.9. The number of carboxylic acids is 1. The number of amides is 1. The van der Waals surface area contributed by atoms with E-state index in [1.807, 2.05) is 74.7 Å². The summed E-state index contributed by atoms with van der Waals surface area (Å²) in [6, 6.07) is 13.2. The number of ether oxygens (including phenoxy) is 1. The summed E-state index contributed by atoms with van der Waals surface area (Å²) in [5.74, 6) is 0.194. The summed E-state index contributed by atoms with van der Waals surface area (Å²) < 4.78 is 10.2. The van der Waals surface area contributed by atoms with Crippen LogP contribution in [-0.2, 0) is 26.6 Å². The third kappa shape index (κ3) is 7.92. The monoisotopic (exact) mass is 757 g/mol. The van der Waals surface area contributed by atoms with Gasteiger partial charge in [0.05, 0.1) is 28.4 Å². The Morgan fingerprint density at radius 2 is 1.75 bits per heavy atom. The van der Waals surface area contributed by atoms with Gasteiger partial charge in [-0.15, -0.1) is 0 Å². The van der Waals surface area contributed by atoms with Crippen LogP contribution >= 0.6 is 23.2 Å². The lowest BCUT2D eigenvalue weighted by Crippen LogP contribution is -2.31. The van der Waals surface area contributed by atoms with Crippen LogP contribution in [-0.4, -0.2) is 55.9 Å². The summed E-state index contributed by atoms with van der Waals surface area (Å²) in [5.41, 5.74) is 9.89. The lowest BCUT2D eigenvalue weighted by molar-refractivity contribution is 0.0696. The number of nitrogens with one attached hydrogen (secondary N) is 1. The van der Waals surface area contributed by atoms with Gasteiger partial charge in [-0.2, -0.15) is 5.10 Å². The van der Waals surface area contributed by atoms with Crippen LogP contribution in [0.4, 0.5) is 5.69 Å². The highest BCUT2D eigenvalue weighted by Gasteiger charge is 2.32. The molecule has 0 aliphatic carbocycles. The Kier molecular flexibility index (Phi) is 11.5. The van der Waals surface area contributed by atoms with E-state index in [2.05, 4.69) is 23.7 Å². The molecule has 1 amide bonds. The van der Waals surface area contributed by atoms with E-state index in [4.69, 9.17) is 33.0 Å². The van der Waals surface area contributed by atoms with E-state index >= 15 is 0 Å². The Labute approximate surface area is 321 Å². The Hall–Kier alpha value is -4.47. The number of carbonyl (C=O) groups excluding carboxylic acids is 1. The van der Waals surface area contributed by atoms with Crippen molar-refractivity contribution in [2.45, 2.75) is 80.3 Å². The highest BCUT2D eigenvalue weighted by atomic mass is 35.5. The highest BCUT2D eigenvalue weighted by molar-refractivity contribution is 6.35. The quantitative estimate of drug-likeness (QED) is 0.116. The van der Waals surface area contributed by atoms with Crippen LogP contribution in [0.15, 0.2) is 42.5 Å². The molecule has 0 atom stereocenters. The van der Waals surface area contributed by atoms with Crippen molar-refractivity contribution in [3.05, 3.63) is 97.4 Å². The van der Waals surface area contributed by atoms with Gasteiger partial charge in [0.25, 0.3) is 5.91 Å². The van der Waals surface area contributed by atoms with Crippen LogP contribution in [0.2, 0.25) is 10.0 Å². The molecule has 5 aromatic rings. The number of carbonyl (C=O) groups is 2. The van der Waals surface area contributed by atoms with Crippen molar-refractivity contribution < 1.29 is 19.4 Å². The predicted molar refractivity (Wildman–Crippen MR) is 214 cm³/mol. The Bertz CT molecular complexity index is 2180. The number of fused-ring (bicyclic) bond motifs is 3. The average Bonchev–Trinajstić information content (AvgIpc) is 3.48. The number of anilines is 1. The normalized spacial score (nSPS) is 13.2. The molecule has 9 nitrogen and oxygen atoms in total. The number of hydrogen-bond acceptors (Lipinski definition) is 5. The average molecular weight is 759 g/mol. The number of hydrogen-bond donors (Lipinski definition) is 2. The molecule has 2 N–H and O–H groups in total. The van der Waals surface area contributed by atoms with Crippen LogP contribution in [0.25, 0.3) is 22.0 Å². The van der Waals surface area contributed by atoms with Gasteiger partial charge in [0.1, 0.15) is 11.4 Å². The molecule has 6 rings (SSSR count). The fourth-order valence-corrected chi connectivity index (χ4v) is 7.93. The first-order chi connectivity index (χ1) is 25.2. The molecule has 53 heavy (non-hydrogen) atoms. The number of nitrogens with zero attached hydrogens (tertiary/aromatic N) is 4. The number of halogens is 2. The molecule has 0 bridgehead atoms. The fourth-order valence-electron chi connectivity index (χ4n) is 7.57. The zero-order chi connectivity index (χ0) is 38.1. The van der Waals surface area contributed by atoms with Crippen molar-refractivity contribution in [1.29, 1.82) is 0 Å². The van der Waals surface area contributed by atoms with Crippen molar-refractivity contribution in [3.8, 4) is 16.9 Å². The van der Waals surface area contributed by atoms with E-state index < -0.39 is 5.97 Å². The van der Waals surface area contributed by atoms with Gasteiger partial charge in [-0.05, 0) is 118 Å². The molecule has 1 aliphatic rings. The summed E-state index contributed by atoms with van der Waals surface area (Å²) in [6.07, 6.45) is 2.96. The lowest BCUT2D eigenvalue weighted by Gasteiger charge is -2.22. The zero-order valence-electron chi connectivity index (χ0n) is 31.7. The number of aromatic nitrogens is 3. The van der Waals surface area contributed by atoms with Crippen molar-refractivity contribution in [2.75, 3.05) is 25.0 Å². The molecule has 0 spiro atoms. The largest absolute Gasteiger partial charge is 0.494 e. The minimum Gasteiger partial charge on any atom is -0.494 e. The Morgan fingerprint density at radius 1 is 1.02 bits per heavy atom. The molecule has 0 radical (unpaired) electrons. The van der Waals surface area contributed by atoms with Crippen molar-refractivity contribution in [2.24, 2.45) is 13.0 Å². The third-order valence-corrected chi connectivity index (χ3v) is 11.2. The molecule has 2 aromatic heterocycles. The van der Waals surface area contributed by atoms with Crippen LogP contribution in [0, 0.1) is 33.6 Å². The fraction of sp³-hybridized carbons (Fsp3) is 0.405. The summed E-state index contributed by atoms with van der Waals surface area (Å²) in [7, 11) is 1.93. The van der Waals surface area contributed by atoms with E-state index in [0.717, 1.165) is 91.5 Å². The van der Waals surface area contributed by atoms with E-state index in [-0.39, 0.29) is 18.0 Å². The van der Waals surface area contributed by atoms with Gasteiger partial charge in [-0.3, -0.25) is 9.48 Å². The maximum atomic E-state index is 14.9. The third-order valence-electron chi connectivity index (χ3n) is 10.3. The van der Waals surface area contributed by atoms with Gasteiger partial charge in [-0.1, -0.05) is 43.1 Å². The summed E-state index contributed by atoms with van der Waals surface area (Å²) in [6.45, 7) is 14.9. The van der Waals surface area contributed by atoms with Crippen LogP contribution < -0.4 is 10.1 Å². The topological polar surface area (TPSA) is 102 Å². The molecular weight excluding hydrogens is 709 g/mol. The Morgan fingerprint density at radius 3 is 2.42 bits per heavy atom. The maximum Gasteiger partial charge on any atom is 0.335 e. The second-order valence-corrected chi connectivity index (χ2v) is 15.5. The molecule has 1 aliphatic heterocycles. The van der Waals surface area contributed by atoms with Crippen molar-refractivity contribution in [3.63, 3.8) is 0 Å². The minimum absolute atomic E-state index is 0.0877. The van der Waals surface area contributed by atoms with Gasteiger partial charge in [0, 0.05) is 66.1 Å².